The quantitative estimate of drug-likeness (QED) is 0.729. The average Bonchev–Trinajstić information content (AvgIpc) is 2.80. The number of aromatic nitrogens is 4. The van der Waals surface area contributed by atoms with Crippen LogP contribution in [0, 0.1) is 0 Å². The summed E-state index contributed by atoms with van der Waals surface area (Å²) in [7, 11) is 0. The first-order valence-electron chi connectivity index (χ1n) is 5.68. The van der Waals surface area contributed by atoms with Crippen LogP contribution in [0.25, 0.3) is 16.7 Å². The fourth-order valence-corrected chi connectivity index (χ4v) is 1.99. The number of nitrogens with two attached hydrogens (primary N) is 1. The molecule has 0 aliphatic heterocycles. The molecule has 2 heterocycles. The highest BCUT2D eigenvalue weighted by atomic mass is 15.3. The molecule has 17 heavy (non-hydrogen) atoms. The number of aryl methyl sites for hydroxylation is 1. The maximum absolute atomic E-state index is 5.53. The van der Waals surface area contributed by atoms with Crippen molar-refractivity contribution in [3.05, 3.63) is 36.3 Å². The fraction of sp³-hybridized carbons (Fsp3) is 0.250. The standard InChI is InChI=1S/C12H13N5/c13-7-3-6-11-15-16-12-8-14-9-4-1-2-5-10(9)17(11)12/h1-2,4-5,8H,3,6-7,13H2. The molecule has 0 aliphatic rings. The summed E-state index contributed by atoms with van der Waals surface area (Å²) < 4.78 is 2.05. The summed E-state index contributed by atoms with van der Waals surface area (Å²) in [6, 6.07) is 7.99. The zero-order valence-corrected chi connectivity index (χ0v) is 9.37. The van der Waals surface area contributed by atoms with Crippen LogP contribution in [0.5, 0.6) is 0 Å². The number of nitrogens with zero attached hydrogens (tertiary/aromatic N) is 4. The lowest BCUT2D eigenvalue weighted by molar-refractivity contribution is 0.775. The lowest BCUT2D eigenvalue weighted by Crippen LogP contribution is -2.03. The van der Waals surface area contributed by atoms with Gasteiger partial charge in [-0.05, 0) is 25.1 Å². The summed E-state index contributed by atoms with van der Waals surface area (Å²) in [5.41, 5.74) is 8.32. The molecule has 1 aromatic carbocycles. The van der Waals surface area contributed by atoms with Crippen molar-refractivity contribution in [3.63, 3.8) is 0 Å². The molecular weight excluding hydrogens is 214 g/mol. The Kier molecular flexibility index (Phi) is 2.45. The topological polar surface area (TPSA) is 69.1 Å². The first-order chi connectivity index (χ1) is 8.40. The second kappa shape index (κ2) is 4.10. The molecule has 0 amide bonds. The Bertz CT molecular complexity index is 658. The molecule has 0 radical (unpaired) electrons. The number of fused-ring (bicyclic) bond motifs is 3. The van der Waals surface area contributed by atoms with Gasteiger partial charge in [0, 0.05) is 6.42 Å². The minimum absolute atomic E-state index is 0.665. The van der Waals surface area contributed by atoms with Gasteiger partial charge in [0.25, 0.3) is 0 Å². The van der Waals surface area contributed by atoms with E-state index >= 15 is 0 Å². The summed E-state index contributed by atoms with van der Waals surface area (Å²) in [5.74, 6) is 0.948. The van der Waals surface area contributed by atoms with Gasteiger partial charge in [-0.15, -0.1) is 10.2 Å². The molecule has 5 heteroatoms. The summed E-state index contributed by atoms with van der Waals surface area (Å²) in [6.07, 6.45) is 3.50. The van der Waals surface area contributed by atoms with Crippen molar-refractivity contribution >= 4 is 16.7 Å². The molecule has 0 spiro atoms. The lowest BCUT2D eigenvalue weighted by Gasteiger charge is -2.03. The second-order valence-electron chi connectivity index (χ2n) is 3.95. The Labute approximate surface area is 98.3 Å². The highest BCUT2D eigenvalue weighted by molar-refractivity contribution is 5.77. The van der Waals surface area contributed by atoms with Gasteiger partial charge >= 0.3 is 0 Å². The lowest BCUT2D eigenvalue weighted by atomic mass is 10.2. The molecule has 2 N–H and O–H groups in total. The monoisotopic (exact) mass is 227 g/mol. The molecule has 0 unspecified atom stereocenters. The van der Waals surface area contributed by atoms with E-state index in [1.165, 1.54) is 0 Å². The number of hydrogen-bond donors (Lipinski definition) is 1. The van der Waals surface area contributed by atoms with Crippen LogP contribution in [0.3, 0.4) is 0 Å². The maximum Gasteiger partial charge on any atom is 0.179 e. The third kappa shape index (κ3) is 1.64. The van der Waals surface area contributed by atoms with E-state index in [4.69, 9.17) is 5.73 Å². The predicted octanol–water partition coefficient (Wildman–Crippen LogP) is 1.17. The predicted molar refractivity (Wildman–Crippen MR) is 65.7 cm³/mol. The molecule has 86 valence electrons. The Morgan fingerprint density at radius 3 is 2.94 bits per heavy atom. The normalized spacial score (nSPS) is 11.4. The summed E-state index contributed by atoms with van der Waals surface area (Å²) >= 11 is 0. The van der Waals surface area contributed by atoms with Crippen LogP contribution in [-0.4, -0.2) is 26.1 Å². The van der Waals surface area contributed by atoms with Crippen LogP contribution in [0.4, 0.5) is 0 Å². The summed E-state index contributed by atoms with van der Waals surface area (Å²) in [5, 5.41) is 8.33. The minimum Gasteiger partial charge on any atom is -0.330 e. The highest BCUT2D eigenvalue weighted by Crippen LogP contribution is 2.15. The molecule has 0 bridgehead atoms. The summed E-state index contributed by atoms with van der Waals surface area (Å²) in [4.78, 5) is 4.35. The van der Waals surface area contributed by atoms with Crippen molar-refractivity contribution in [3.8, 4) is 0 Å². The van der Waals surface area contributed by atoms with Gasteiger partial charge in [-0.25, -0.2) is 0 Å². The van der Waals surface area contributed by atoms with E-state index in [1.54, 1.807) is 6.20 Å². The first kappa shape index (κ1) is 10.2. The van der Waals surface area contributed by atoms with E-state index in [-0.39, 0.29) is 0 Å². The van der Waals surface area contributed by atoms with Gasteiger partial charge in [-0.2, -0.15) is 0 Å². The van der Waals surface area contributed by atoms with Crippen molar-refractivity contribution in [1.29, 1.82) is 0 Å². The second-order valence-corrected chi connectivity index (χ2v) is 3.95. The van der Waals surface area contributed by atoms with Crippen LogP contribution in [-0.2, 0) is 6.42 Å². The van der Waals surface area contributed by atoms with Crippen LogP contribution in [0.15, 0.2) is 30.5 Å². The molecule has 0 atom stereocenters. The molecule has 0 saturated carbocycles. The Morgan fingerprint density at radius 1 is 1.18 bits per heavy atom. The van der Waals surface area contributed by atoms with Gasteiger partial charge < -0.3 is 5.73 Å². The number of hydrogen-bond acceptors (Lipinski definition) is 4. The third-order valence-corrected chi connectivity index (χ3v) is 2.80. The molecular formula is C12H13N5. The van der Waals surface area contributed by atoms with Crippen LogP contribution in [0.2, 0.25) is 0 Å². The molecule has 3 aromatic rings. The van der Waals surface area contributed by atoms with E-state index in [2.05, 4.69) is 19.6 Å². The van der Waals surface area contributed by atoms with Gasteiger partial charge in [0.1, 0.15) is 5.82 Å². The Hall–Kier alpha value is -2.01. The molecule has 3 rings (SSSR count). The van der Waals surface area contributed by atoms with E-state index in [1.807, 2.05) is 24.3 Å². The van der Waals surface area contributed by atoms with Gasteiger partial charge in [-0.3, -0.25) is 9.38 Å². The van der Waals surface area contributed by atoms with Crippen LogP contribution >= 0.6 is 0 Å². The minimum atomic E-state index is 0.665. The van der Waals surface area contributed by atoms with Crippen molar-refractivity contribution in [1.82, 2.24) is 19.6 Å². The number of rotatable bonds is 3. The molecule has 5 nitrogen and oxygen atoms in total. The zero-order chi connectivity index (χ0) is 11.7. The van der Waals surface area contributed by atoms with Crippen molar-refractivity contribution < 1.29 is 0 Å². The van der Waals surface area contributed by atoms with Crippen molar-refractivity contribution in [2.75, 3.05) is 6.54 Å². The summed E-state index contributed by atoms with van der Waals surface area (Å²) in [6.45, 7) is 0.665. The fourth-order valence-electron chi connectivity index (χ4n) is 1.99. The molecule has 0 fully saturated rings. The van der Waals surface area contributed by atoms with Crippen molar-refractivity contribution in [2.24, 2.45) is 5.73 Å². The highest BCUT2D eigenvalue weighted by Gasteiger charge is 2.08. The van der Waals surface area contributed by atoms with Gasteiger partial charge in [0.15, 0.2) is 5.65 Å². The van der Waals surface area contributed by atoms with Gasteiger partial charge in [-0.1, -0.05) is 12.1 Å². The van der Waals surface area contributed by atoms with E-state index in [0.29, 0.717) is 6.54 Å². The largest absolute Gasteiger partial charge is 0.330 e. The van der Waals surface area contributed by atoms with E-state index < -0.39 is 0 Å². The first-order valence-corrected chi connectivity index (χ1v) is 5.68. The maximum atomic E-state index is 5.53. The SMILES string of the molecule is NCCCc1nnc2cnc3ccccc3n12. The van der Waals surface area contributed by atoms with Crippen LogP contribution in [0.1, 0.15) is 12.2 Å². The van der Waals surface area contributed by atoms with Gasteiger partial charge in [0.2, 0.25) is 0 Å². The van der Waals surface area contributed by atoms with Gasteiger partial charge in [0.05, 0.1) is 17.2 Å². The average molecular weight is 227 g/mol. The van der Waals surface area contributed by atoms with E-state index in [9.17, 15) is 0 Å². The van der Waals surface area contributed by atoms with E-state index in [0.717, 1.165) is 35.3 Å². The van der Waals surface area contributed by atoms with Crippen LogP contribution < -0.4 is 5.73 Å². The molecule has 0 aliphatic carbocycles. The number of para-hydroxylation sites is 2. The molecule has 0 saturated heterocycles. The third-order valence-electron chi connectivity index (χ3n) is 2.80. The zero-order valence-electron chi connectivity index (χ0n) is 9.37. The smallest absolute Gasteiger partial charge is 0.179 e. The van der Waals surface area contributed by atoms with Crippen molar-refractivity contribution in [2.45, 2.75) is 12.8 Å². The molecule has 2 aromatic heterocycles. The Morgan fingerprint density at radius 2 is 2.06 bits per heavy atom. The number of benzene rings is 1. The Balaban J connectivity index is 2.27.